The smallest absolute Gasteiger partial charge is 0.328 e. The molecular weight excluding hydrogens is 869 g/mol. The molecule has 2 atom stereocenters. The van der Waals surface area contributed by atoms with Gasteiger partial charge < -0.3 is 60.7 Å². The lowest BCUT2D eigenvalue weighted by atomic mass is 10.3. The van der Waals surface area contributed by atoms with Gasteiger partial charge in [-0.1, -0.05) is 0 Å². The minimum Gasteiger partial charge on any atom is -0.478 e. The molecule has 0 amide bonds. The Kier molecular flexibility index (Phi) is 19.8. The number of imidazole rings is 2. The maximum atomic E-state index is 9.55. The normalized spacial score (nSPS) is 15.2. The van der Waals surface area contributed by atoms with E-state index in [1.165, 1.54) is 0 Å². The molecule has 2 fully saturated rings. The molecule has 0 bridgehead atoms. The van der Waals surface area contributed by atoms with Crippen molar-refractivity contribution in [1.82, 2.24) is 39.7 Å². The lowest BCUT2D eigenvalue weighted by Crippen LogP contribution is -2.24. The van der Waals surface area contributed by atoms with Crippen LogP contribution < -0.4 is 21.3 Å². The van der Waals surface area contributed by atoms with Gasteiger partial charge in [0.05, 0.1) is 25.6 Å². The summed E-state index contributed by atoms with van der Waals surface area (Å²) in [7, 11) is 0. The minimum atomic E-state index is -1.26. The highest BCUT2D eigenvalue weighted by Crippen LogP contribution is 2.22. The van der Waals surface area contributed by atoms with Gasteiger partial charge in [0, 0.05) is 74.0 Å². The second-order valence-corrected chi connectivity index (χ2v) is 13.6. The van der Waals surface area contributed by atoms with E-state index in [-0.39, 0.29) is 0 Å². The summed E-state index contributed by atoms with van der Waals surface area (Å²) in [5, 5.41) is 60.6. The summed E-state index contributed by atoms with van der Waals surface area (Å²) in [4.78, 5) is 75.6. The zero-order valence-electron chi connectivity index (χ0n) is 34.8. The summed E-state index contributed by atoms with van der Waals surface area (Å²) >= 11 is 0. The Bertz CT molecular complexity index is 2350. The first kappa shape index (κ1) is 50.0. The monoisotopic (exact) mass is 914 g/mol. The van der Waals surface area contributed by atoms with E-state index < -0.39 is 35.8 Å². The number of hydrogen-bond acceptors (Lipinski definition) is 16. The van der Waals surface area contributed by atoms with Gasteiger partial charge in [-0.3, -0.25) is 9.13 Å². The van der Waals surface area contributed by atoms with Crippen LogP contribution in [0.15, 0.2) is 119 Å². The first-order valence-electron chi connectivity index (χ1n) is 19.7. The van der Waals surface area contributed by atoms with Gasteiger partial charge in [0.25, 0.3) is 0 Å². The maximum absolute atomic E-state index is 9.55. The molecule has 6 aromatic heterocycles. The number of anilines is 2. The van der Waals surface area contributed by atoms with Crippen LogP contribution in [0.2, 0.25) is 0 Å². The van der Waals surface area contributed by atoms with Crippen LogP contribution >= 0.6 is 0 Å². The lowest BCUT2D eigenvalue weighted by molar-refractivity contribution is -0.134. The molecule has 2 aliphatic heterocycles. The molecule has 8 rings (SSSR count). The van der Waals surface area contributed by atoms with Crippen LogP contribution in [0.25, 0.3) is 22.3 Å². The van der Waals surface area contributed by atoms with Crippen LogP contribution in [0, 0.1) is 0 Å². The highest BCUT2D eigenvalue weighted by molar-refractivity contribution is 5.90. The summed E-state index contributed by atoms with van der Waals surface area (Å²) in [5.41, 5.74) is 3.56. The average Bonchev–Trinajstić information content (AvgIpc) is 4.15. The number of fused-ring (bicyclic) bond motifs is 2. The van der Waals surface area contributed by atoms with Gasteiger partial charge >= 0.3 is 35.8 Å². The van der Waals surface area contributed by atoms with Crippen LogP contribution in [0.5, 0.6) is 0 Å². The zero-order chi connectivity index (χ0) is 47.8. The summed E-state index contributed by atoms with van der Waals surface area (Å²) in [6.45, 7) is 5.30. The standard InChI is InChI=1S/2C15H17N5O.3C4H4O4/c2*1-4-13-14(17-6-1)20(10-12-3-2-8-21-12)15(19-13)18-11-5-7-16-9-11;3*5-3(6)1-2-4(7)8/h2*1-4,6,8,11,16H,5,7,9-10H2,(H,18,19);3*1-2H,(H,5,6)(H,7,8). The van der Waals surface area contributed by atoms with E-state index in [1.807, 2.05) is 48.5 Å². The second kappa shape index (κ2) is 26.1. The van der Waals surface area contributed by atoms with Gasteiger partial charge in [0.1, 0.15) is 22.6 Å². The Morgan fingerprint density at radius 2 is 0.909 bits per heavy atom. The van der Waals surface area contributed by atoms with Crippen LogP contribution in [0.4, 0.5) is 11.9 Å². The van der Waals surface area contributed by atoms with Crippen molar-refractivity contribution in [1.29, 1.82) is 0 Å². The van der Waals surface area contributed by atoms with Crippen LogP contribution in [0.1, 0.15) is 24.4 Å². The van der Waals surface area contributed by atoms with Gasteiger partial charge in [-0.25, -0.2) is 48.7 Å². The molecule has 24 nitrogen and oxygen atoms in total. The van der Waals surface area contributed by atoms with E-state index in [0.717, 1.165) is 84.8 Å². The molecular formula is C42H46N10O14. The van der Waals surface area contributed by atoms with Gasteiger partial charge in [0.15, 0.2) is 11.3 Å². The van der Waals surface area contributed by atoms with Crippen molar-refractivity contribution in [3.05, 3.63) is 121 Å². The molecule has 348 valence electrons. The highest BCUT2D eigenvalue weighted by Gasteiger charge is 2.21. The lowest BCUT2D eigenvalue weighted by Gasteiger charge is -2.13. The molecule has 2 saturated heterocycles. The summed E-state index contributed by atoms with van der Waals surface area (Å²) in [6.07, 6.45) is 12.5. The first-order valence-corrected chi connectivity index (χ1v) is 19.7. The Morgan fingerprint density at radius 1 is 0.561 bits per heavy atom. The van der Waals surface area contributed by atoms with Crippen molar-refractivity contribution in [2.45, 2.75) is 38.0 Å². The number of furan rings is 2. The molecule has 0 saturated carbocycles. The van der Waals surface area contributed by atoms with Crippen molar-refractivity contribution in [3.63, 3.8) is 0 Å². The molecule has 2 unspecified atom stereocenters. The molecule has 0 aliphatic carbocycles. The van der Waals surface area contributed by atoms with Crippen molar-refractivity contribution >= 4 is 70.0 Å². The molecule has 8 heterocycles. The number of nitrogens with zero attached hydrogens (tertiary/aromatic N) is 6. The number of carboxylic acids is 6. The Balaban J connectivity index is 0.000000197. The van der Waals surface area contributed by atoms with Gasteiger partial charge in [-0.2, -0.15) is 0 Å². The van der Waals surface area contributed by atoms with E-state index in [0.29, 0.717) is 61.6 Å². The van der Waals surface area contributed by atoms with Crippen molar-refractivity contribution in [2.75, 3.05) is 36.8 Å². The fourth-order valence-electron chi connectivity index (χ4n) is 5.90. The van der Waals surface area contributed by atoms with E-state index >= 15 is 0 Å². The minimum absolute atomic E-state index is 0.414. The molecule has 10 N–H and O–H groups in total. The van der Waals surface area contributed by atoms with Crippen molar-refractivity contribution in [2.24, 2.45) is 0 Å². The number of pyridine rings is 2. The Hall–Kier alpha value is -8.64. The largest absolute Gasteiger partial charge is 0.478 e. The SMILES string of the molecule is O=C(O)C=CC(=O)O.O=C(O)C=CC(=O)O.O=C(O)C=CC(=O)O.c1coc(Cn2c(NC3CCNC3)nc3cccnc32)c1.c1coc(Cn2c(NC3CCNC3)nc3cccnc32)c1. The second-order valence-electron chi connectivity index (χ2n) is 13.6. The molecule has 0 aromatic carbocycles. The fraction of sp³-hybridized carbons (Fsp3) is 0.238. The van der Waals surface area contributed by atoms with Crippen molar-refractivity contribution in [3.8, 4) is 0 Å². The van der Waals surface area contributed by atoms with Gasteiger partial charge in [-0.15, -0.1) is 0 Å². The topological polar surface area (TPSA) is 360 Å². The predicted molar refractivity (Wildman–Crippen MR) is 234 cm³/mol. The predicted octanol–water partition coefficient (Wildman–Crippen LogP) is 2.83. The molecule has 6 aromatic rings. The number of carbonyl (C=O) groups is 6. The van der Waals surface area contributed by atoms with Crippen molar-refractivity contribution < 1.29 is 68.2 Å². The van der Waals surface area contributed by atoms with Crippen LogP contribution in [-0.2, 0) is 41.9 Å². The number of hydrogen-bond donors (Lipinski definition) is 10. The van der Waals surface area contributed by atoms with E-state index in [2.05, 4.69) is 50.3 Å². The highest BCUT2D eigenvalue weighted by atomic mass is 16.4. The number of aromatic nitrogens is 6. The molecule has 2 aliphatic rings. The fourth-order valence-corrected chi connectivity index (χ4v) is 5.90. The average molecular weight is 915 g/mol. The molecule has 24 heteroatoms. The first-order chi connectivity index (χ1) is 31.7. The zero-order valence-corrected chi connectivity index (χ0v) is 34.8. The Morgan fingerprint density at radius 3 is 1.18 bits per heavy atom. The van der Waals surface area contributed by atoms with E-state index in [4.69, 9.17) is 39.5 Å². The third-order valence-electron chi connectivity index (χ3n) is 8.69. The summed E-state index contributed by atoms with van der Waals surface area (Å²) < 4.78 is 15.1. The number of aliphatic carboxylic acids is 6. The number of carboxylic acid groups (broad SMARTS) is 6. The molecule has 66 heavy (non-hydrogen) atoms. The van der Waals surface area contributed by atoms with Crippen LogP contribution in [0.3, 0.4) is 0 Å². The van der Waals surface area contributed by atoms with Gasteiger partial charge in [-0.05, 0) is 74.5 Å². The number of nitrogens with one attached hydrogen (secondary N) is 4. The van der Waals surface area contributed by atoms with E-state index in [1.54, 1.807) is 24.9 Å². The summed E-state index contributed by atoms with van der Waals surface area (Å²) in [6, 6.07) is 16.4. The molecule has 0 radical (unpaired) electrons. The van der Waals surface area contributed by atoms with Gasteiger partial charge in [0.2, 0.25) is 11.9 Å². The quantitative estimate of drug-likeness (QED) is 0.0702. The third-order valence-corrected chi connectivity index (χ3v) is 8.69. The third kappa shape index (κ3) is 17.6. The van der Waals surface area contributed by atoms with Crippen LogP contribution in [-0.4, -0.2) is 134 Å². The molecule has 0 spiro atoms. The number of rotatable bonds is 14. The maximum Gasteiger partial charge on any atom is 0.328 e. The summed E-state index contributed by atoms with van der Waals surface area (Å²) in [5.74, 6) is -4.04. The Labute approximate surface area is 373 Å². The van der Waals surface area contributed by atoms with E-state index in [9.17, 15) is 28.8 Å².